The molecule has 4 aromatic rings. The molecule has 0 radical (unpaired) electrons. The SMILES string of the molecule is COCCn1c2ccccc2c2nc3nc(SC)ncc3c(=O)n21. The largest absolute Gasteiger partial charge is 0.383 e. The van der Waals surface area contributed by atoms with Gasteiger partial charge in [0, 0.05) is 18.7 Å². The molecule has 7 nitrogen and oxygen atoms in total. The van der Waals surface area contributed by atoms with Gasteiger partial charge in [-0.2, -0.15) is 4.52 Å². The quantitative estimate of drug-likeness (QED) is 0.417. The third-order valence-electron chi connectivity index (χ3n) is 3.94. The molecule has 0 fully saturated rings. The number of thioether (sulfide) groups is 1. The molecule has 3 heterocycles. The second kappa shape index (κ2) is 5.88. The molecule has 4 rings (SSSR count). The lowest BCUT2D eigenvalue weighted by Crippen LogP contribution is -2.23. The molecular formula is C16H15N5O2S. The van der Waals surface area contributed by atoms with Gasteiger partial charge in [0.15, 0.2) is 16.5 Å². The Morgan fingerprint density at radius 1 is 1.21 bits per heavy atom. The fraction of sp³-hybridized carbons (Fsp3) is 0.250. The van der Waals surface area contributed by atoms with E-state index in [9.17, 15) is 4.79 Å². The molecule has 0 aliphatic rings. The number of hydrogen-bond acceptors (Lipinski definition) is 6. The van der Waals surface area contributed by atoms with Gasteiger partial charge in [0.05, 0.1) is 18.7 Å². The van der Waals surface area contributed by atoms with Crippen molar-refractivity contribution in [1.82, 2.24) is 24.1 Å². The Morgan fingerprint density at radius 2 is 2.04 bits per heavy atom. The highest BCUT2D eigenvalue weighted by Gasteiger charge is 2.16. The highest BCUT2D eigenvalue weighted by molar-refractivity contribution is 7.98. The summed E-state index contributed by atoms with van der Waals surface area (Å²) in [6, 6.07) is 7.82. The maximum atomic E-state index is 13.0. The number of fused-ring (bicyclic) bond motifs is 4. The summed E-state index contributed by atoms with van der Waals surface area (Å²) >= 11 is 1.42. The Balaban J connectivity index is 2.16. The predicted octanol–water partition coefficient (Wildman–Crippen LogP) is 1.96. The topological polar surface area (TPSA) is 74.3 Å². The number of methoxy groups -OCH3 is 1. The van der Waals surface area contributed by atoms with Crippen molar-refractivity contribution in [3.8, 4) is 0 Å². The van der Waals surface area contributed by atoms with E-state index in [1.807, 2.05) is 35.2 Å². The van der Waals surface area contributed by atoms with E-state index in [2.05, 4.69) is 15.0 Å². The predicted molar refractivity (Wildman–Crippen MR) is 93.7 cm³/mol. The summed E-state index contributed by atoms with van der Waals surface area (Å²) in [4.78, 5) is 26.2. The zero-order chi connectivity index (χ0) is 16.7. The molecule has 24 heavy (non-hydrogen) atoms. The van der Waals surface area contributed by atoms with Gasteiger partial charge in [-0.05, 0) is 18.4 Å². The van der Waals surface area contributed by atoms with Gasteiger partial charge in [0.1, 0.15) is 5.39 Å². The van der Waals surface area contributed by atoms with Crippen LogP contribution in [-0.2, 0) is 11.3 Å². The van der Waals surface area contributed by atoms with E-state index in [0.717, 1.165) is 10.9 Å². The van der Waals surface area contributed by atoms with Crippen LogP contribution in [0.4, 0.5) is 0 Å². The Hall–Kier alpha value is -2.45. The lowest BCUT2D eigenvalue weighted by atomic mass is 10.2. The molecule has 8 heteroatoms. The third kappa shape index (κ3) is 2.18. The monoisotopic (exact) mass is 341 g/mol. The van der Waals surface area contributed by atoms with Gasteiger partial charge in [-0.15, -0.1) is 0 Å². The number of ether oxygens (including phenoxy) is 1. The van der Waals surface area contributed by atoms with Crippen LogP contribution >= 0.6 is 11.8 Å². The first-order valence-corrected chi connectivity index (χ1v) is 8.67. The number of para-hydroxylation sites is 1. The van der Waals surface area contributed by atoms with Crippen LogP contribution in [0, 0.1) is 0 Å². The second-order valence-corrected chi connectivity index (χ2v) is 6.05. The van der Waals surface area contributed by atoms with E-state index in [1.54, 1.807) is 17.8 Å². The average molecular weight is 341 g/mol. The highest BCUT2D eigenvalue weighted by atomic mass is 32.2. The summed E-state index contributed by atoms with van der Waals surface area (Å²) in [6.07, 6.45) is 3.44. The molecule has 0 saturated carbocycles. The van der Waals surface area contributed by atoms with Crippen LogP contribution in [0.2, 0.25) is 0 Å². The van der Waals surface area contributed by atoms with Gasteiger partial charge in [0.2, 0.25) is 0 Å². The summed E-state index contributed by atoms with van der Waals surface area (Å²) < 4.78 is 8.67. The molecular weight excluding hydrogens is 326 g/mol. The summed E-state index contributed by atoms with van der Waals surface area (Å²) in [5.41, 5.74) is 1.79. The lowest BCUT2D eigenvalue weighted by Gasteiger charge is -2.07. The molecule has 122 valence electrons. The maximum absolute atomic E-state index is 13.0. The van der Waals surface area contributed by atoms with Gasteiger partial charge in [-0.25, -0.2) is 15.0 Å². The van der Waals surface area contributed by atoms with Gasteiger partial charge < -0.3 is 4.74 Å². The molecule has 1 aromatic carbocycles. The molecule has 0 unspecified atom stereocenters. The van der Waals surface area contributed by atoms with Crippen LogP contribution in [0.3, 0.4) is 0 Å². The van der Waals surface area contributed by atoms with E-state index >= 15 is 0 Å². The minimum atomic E-state index is -0.171. The molecule has 0 N–H and O–H groups in total. The van der Waals surface area contributed by atoms with Gasteiger partial charge in [0.25, 0.3) is 5.56 Å². The fourth-order valence-corrected chi connectivity index (χ4v) is 3.18. The average Bonchev–Trinajstić information content (AvgIpc) is 2.94. The molecule has 0 spiro atoms. The summed E-state index contributed by atoms with van der Waals surface area (Å²) in [7, 11) is 1.64. The van der Waals surface area contributed by atoms with Crippen LogP contribution in [0.5, 0.6) is 0 Å². The number of benzene rings is 1. The number of rotatable bonds is 4. The second-order valence-electron chi connectivity index (χ2n) is 5.28. The molecule has 0 aliphatic carbocycles. The standard InChI is InChI=1S/C16H15N5O2S/c1-23-8-7-20-12-6-4-3-5-10(12)14-18-13-11(15(22)21(14)20)9-17-16(19-13)24-2/h3-6,9H,7-8H2,1-2H3. The van der Waals surface area contributed by atoms with Gasteiger partial charge in [-0.3, -0.25) is 9.48 Å². The molecule has 3 aromatic heterocycles. The van der Waals surface area contributed by atoms with E-state index in [4.69, 9.17) is 4.74 Å². The van der Waals surface area contributed by atoms with Crippen LogP contribution in [0.1, 0.15) is 0 Å². The van der Waals surface area contributed by atoms with Gasteiger partial charge >= 0.3 is 0 Å². The first kappa shape index (κ1) is 15.1. The van der Waals surface area contributed by atoms with Crippen LogP contribution < -0.4 is 5.56 Å². The van der Waals surface area contributed by atoms with Gasteiger partial charge in [-0.1, -0.05) is 23.9 Å². The molecule has 0 bridgehead atoms. The first-order valence-electron chi connectivity index (χ1n) is 7.44. The Labute approximate surface area is 141 Å². The zero-order valence-electron chi connectivity index (χ0n) is 13.3. The smallest absolute Gasteiger partial charge is 0.283 e. The van der Waals surface area contributed by atoms with E-state index in [0.29, 0.717) is 35.0 Å². The van der Waals surface area contributed by atoms with E-state index < -0.39 is 0 Å². The summed E-state index contributed by atoms with van der Waals surface area (Å²) in [5, 5.41) is 1.92. The normalized spacial score (nSPS) is 11.8. The van der Waals surface area contributed by atoms with Crippen molar-refractivity contribution in [2.24, 2.45) is 0 Å². The zero-order valence-corrected chi connectivity index (χ0v) is 14.1. The van der Waals surface area contributed by atoms with Crippen molar-refractivity contribution in [2.45, 2.75) is 11.7 Å². The van der Waals surface area contributed by atoms with E-state index in [1.165, 1.54) is 11.8 Å². The first-order chi connectivity index (χ1) is 11.7. The van der Waals surface area contributed by atoms with Crippen molar-refractivity contribution >= 4 is 39.3 Å². The third-order valence-corrected chi connectivity index (χ3v) is 4.50. The van der Waals surface area contributed by atoms with Crippen molar-refractivity contribution < 1.29 is 4.74 Å². The van der Waals surface area contributed by atoms with Crippen molar-refractivity contribution in [2.75, 3.05) is 20.0 Å². The maximum Gasteiger partial charge on any atom is 0.283 e. The van der Waals surface area contributed by atoms with Crippen molar-refractivity contribution in [1.29, 1.82) is 0 Å². The number of nitrogens with zero attached hydrogens (tertiary/aromatic N) is 5. The van der Waals surface area contributed by atoms with Crippen LogP contribution in [0.25, 0.3) is 27.6 Å². The van der Waals surface area contributed by atoms with Crippen molar-refractivity contribution in [3.05, 3.63) is 40.8 Å². The molecule has 0 atom stereocenters. The van der Waals surface area contributed by atoms with Crippen LogP contribution in [0.15, 0.2) is 40.4 Å². The Kier molecular flexibility index (Phi) is 3.70. The molecule has 0 amide bonds. The van der Waals surface area contributed by atoms with Crippen molar-refractivity contribution in [3.63, 3.8) is 0 Å². The highest BCUT2D eigenvalue weighted by Crippen LogP contribution is 2.21. The number of hydrogen-bond donors (Lipinski definition) is 0. The molecule has 0 aliphatic heterocycles. The van der Waals surface area contributed by atoms with Crippen LogP contribution in [-0.4, -0.2) is 44.1 Å². The minimum Gasteiger partial charge on any atom is -0.383 e. The van der Waals surface area contributed by atoms with E-state index in [-0.39, 0.29) is 5.56 Å². The Morgan fingerprint density at radius 3 is 2.83 bits per heavy atom. The fourth-order valence-electron chi connectivity index (χ4n) is 2.84. The Bertz CT molecular complexity index is 1120. The molecule has 0 saturated heterocycles. The minimum absolute atomic E-state index is 0.171. The number of aromatic nitrogens is 5. The lowest BCUT2D eigenvalue weighted by molar-refractivity contribution is 0.183. The summed E-state index contributed by atoms with van der Waals surface area (Å²) in [5.74, 6) is 0. The summed E-state index contributed by atoms with van der Waals surface area (Å²) in [6.45, 7) is 1.05.